The number of cyclic esters (lactones) is 1. The summed E-state index contributed by atoms with van der Waals surface area (Å²) in [6.45, 7) is 12.5. The third kappa shape index (κ3) is 5.36. The van der Waals surface area contributed by atoms with E-state index in [-0.39, 0.29) is 17.2 Å². The number of ether oxygens (including phenoxy) is 1. The highest BCUT2D eigenvalue weighted by molar-refractivity contribution is 6.74. The van der Waals surface area contributed by atoms with Crippen molar-refractivity contribution in [1.82, 2.24) is 4.90 Å². The molecule has 0 aliphatic carbocycles. The van der Waals surface area contributed by atoms with Gasteiger partial charge in [-0.25, -0.2) is 9.69 Å². The summed E-state index contributed by atoms with van der Waals surface area (Å²) in [5.41, 5.74) is 1.05. The minimum atomic E-state index is -1.66. The van der Waals surface area contributed by atoms with Gasteiger partial charge in [0.1, 0.15) is 12.6 Å². The van der Waals surface area contributed by atoms with Crippen molar-refractivity contribution in [3.8, 4) is 12.0 Å². The third-order valence-corrected chi connectivity index (χ3v) is 9.76. The molecule has 0 spiro atoms. The molecule has 1 saturated heterocycles. The van der Waals surface area contributed by atoms with Gasteiger partial charge in [-0.15, -0.1) is 0 Å². The zero-order valence-corrected chi connectivity index (χ0v) is 17.7. The van der Waals surface area contributed by atoms with Crippen molar-refractivity contribution < 1.29 is 14.0 Å². The summed E-state index contributed by atoms with van der Waals surface area (Å²) in [6, 6.07) is 12.8. The zero-order valence-electron chi connectivity index (χ0n) is 16.7. The number of amides is 1. The zero-order chi connectivity index (χ0) is 19.2. The van der Waals surface area contributed by atoms with Crippen molar-refractivity contribution in [2.24, 2.45) is 0 Å². The SMILES string of the molecule is CC(C)(C)[Si](C)(C)OCCCCC#CN1C(=O)OC[C@H]1c1ccccc1. The van der Waals surface area contributed by atoms with Gasteiger partial charge in [-0.3, -0.25) is 0 Å². The Morgan fingerprint density at radius 3 is 2.58 bits per heavy atom. The molecular formula is C21H31NO3Si. The highest BCUT2D eigenvalue weighted by Crippen LogP contribution is 2.36. The number of hydrogen-bond donors (Lipinski definition) is 0. The standard InChI is InChI=1S/C21H31NO3Si/c1-21(2,3)26(4,5)25-16-12-7-6-11-15-22-19(17-24-20(22)23)18-13-9-8-10-14-18/h8-10,13-14,19H,6-7,12,16-17H2,1-5H3/t19-/m0/s1. The molecule has 1 heterocycles. The average molecular weight is 374 g/mol. The van der Waals surface area contributed by atoms with Gasteiger partial charge in [0.15, 0.2) is 8.32 Å². The highest BCUT2D eigenvalue weighted by Gasteiger charge is 2.36. The van der Waals surface area contributed by atoms with Crippen LogP contribution in [0.2, 0.25) is 18.1 Å². The van der Waals surface area contributed by atoms with Gasteiger partial charge in [0.2, 0.25) is 0 Å². The van der Waals surface area contributed by atoms with E-state index in [1.165, 1.54) is 4.90 Å². The minimum absolute atomic E-state index is 0.113. The Labute approximate surface area is 159 Å². The maximum Gasteiger partial charge on any atom is 0.422 e. The molecule has 0 bridgehead atoms. The summed E-state index contributed by atoms with van der Waals surface area (Å²) >= 11 is 0. The largest absolute Gasteiger partial charge is 0.446 e. The predicted octanol–water partition coefficient (Wildman–Crippen LogP) is 5.33. The van der Waals surface area contributed by atoms with Gasteiger partial charge in [-0.1, -0.05) is 57.0 Å². The first-order valence-corrected chi connectivity index (χ1v) is 12.3. The Morgan fingerprint density at radius 2 is 1.92 bits per heavy atom. The summed E-state index contributed by atoms with van der Waals surface area (Å²) in [4.78, 5) is 13.4. The second-order valence-corrected chi connectivity index (χ2v) is 13.0. The van der Waals surface area contributed by atoms with E-state index in [2.05, 4.69) is 45.8 Å². The van der Waals surface area contributed by atoms with E-state index >= 15 is 0 Å². The Bertz CT molecular complexity index is 655. The lowest BCUT2D eigenvalue weighted by atomic mass is 10.1. The molecule has 1 amide bonds. The molecule has 1 atom stereocenters. The maximum atomic E-state index is 11.9. The molecule has 5 heteroatoms. The van der Waals surface area contributed by atoms with Gasteiger partial charge in [0.25, 0.3) is 0 Å². The van der Waals surface area contributed by atoms with Crippen LogP contribution < -0.4 is 0 Å². The first-order chi connectivity index (χ1) is 12.2. The topological polar surface area (TPSA) is 38.8 Å². The third-order valence-electron chi connectivity index (χ3n) is 5.22. The van der Waals surface area contributed by atoms with Gasteiger partial charge in [0, 0.05) is 19.1 Å². The Kier molecular flexibility index (Phi) is 6.91. The van der Waals surface area contributed by atoms with Gasteiger partial charge >= 0.3 is 6.09 Å². The van der Waals surface area contributed by atoms with Crippen molar-refractivity contribution in [3.05, 3.63) is 35.9 Å². The fraction of sp³-hybridized carbons (Fsp3) is 0.571. The lowest BCUT2D eigenvalue weighted by Crippen LogP contribution is -2.40. The van der Waals surface area contributed by atoms with E-state index in [9.17, 15) is 4.79 Å². The Balaban J connectivity index is 1.78. The maximum absolute atomic E-state index is 11.9. The van der Waals surface area contributed by atoms with Gasteiger partial charge in [0.05, 0.1) is 0 Å². The number of benzene rings is 1. The summed E-state index contributed by atoms with van der Waals surface area (Å²) in [5, 5.41) is 0.245. The van der Waals surface area contributed by atoms with Gasteiger partial charge in [-0.05, 0) is 36.5 Å². The molecule has 0 radical (unpaired) electrons. The number of carbonyl (C=O) groups is 1. The molecule has 142 valence electrons. The molecule has 1 aliphatic rings. The van der Waals surface area contributed by atoms with Crippen LogP contribution in [-0.2, 0) is 9.16 Å². The fourth-order valence-electron chi connectivity index (χ4n) is 2.47. The van der Waals surface area contributed by atoms with Crippen molar-refractivity contribution in [2.45, 2.75) is 64.2 Å². The molecular weight excluding hydrogens is 342 g/mol. The monoisotopic (exact) mass is 373 g/mol. The van der Waals surface area contributed by atoms with Crippen LogP contribution in [0.3, 0.4) is 0 Å². The van der Waals surface area contributed by atoms with Crippen LogP contribution in [0.4, 0.5) is 4.79 Å². The second-order valence-electron chi connectivity index (χ2n) is 8.23. The normalized spacial score (nSPS) is 17.7. The van der Waals surface area contributed by atoms with Crippen LogP contribution in [-0.4, -0.2) is 32.5 Å². The summed E-state index contributed by atoms with van der Waals surface area (Å²) in [5.74, 6) is 3.12. The number of carbonyl (C=O) groups excluding carboxylic acids is 1. The fourth-order valence-corrected chi connectivity index (χ4v) is 3.55. The van der Waals surface area contributed by atoms with E-state index in [1.54, 1.807) is 0 Å². The molecule has 0 N–H and O–H groups in total. The van der Waals surface area contributed by atoms with E-state index in [1.807, 2.05) is 30.3 Å². The first kappa shape index (κ1) is 20.5. The molecule has 1 aliphatic heterocycles. The second kappa shape index (κ2) is 8.74. The van der Waals surface area contributed by atoms with Crippen LogP contribution in [0, 0.1) is 12.0 Å². The predicted molar refractivity (Wildman–Crippen MR) is 107 cm³/mol. The van der Waals surface area contributed by atoms with Crippen molar-refractivity contribution >= 4 is 14.4 Å². The van der Waals surface area contributed by atoms with Gasteiger partial charge < -0.3 is 9.16 Å². The highest BCUT2D eigenvalue weighted by atomic mass is 28.4. The van der Waals surface area contributed by atoms with Crippen LogP contribution >= 0.6 is 0 Å². The lowest BCUT2D eigenvalue weighted by Gasteiger charge is -2.36. The van der Waals surface area contributed by atoms with E-state index < -0.39 is 8.32 Å². The summed E-state index contributed by atoms with van der Waals surface area (Å²) < 4.78 is 11.3. The van der Waals surface area contributed by atoms with E-state index in [4.69, 9.17) is 9.16 Å². The molecule has 1 aromatic carbocycles. The smallest absolute Gasteiger partial charge is 0.422 e. The summed E-state index contributed by atoms with van der Waals surface area (Å²) in [7, 11) is -1.66. The van der Waals surface area contributed by atoms with E-state index in [0.29, 0.717) is 6.61 Å². The molecule has 4 nitrogen and oxygen atoms in total. The molecule has 1 fully saturated rings. The first-order valence-electron chi connectivity index (χ1n) is 9.36. The average Bonchev–Trinajstić information content (AvgIpc) is 2.94. The number of unbranched alkanes of at least 4 members (excludes halogenated alkanes) is 2. The summed E-state index contributed by atoms with van der Waals surface area (Å²) in [6.07, 6.45) is 2.37. The molecule has 26 heavy (non-hydrogen) atoms. The Morgan fingerprint density at radius 1 is 1.23 bits per heavy atom. The number of hydrogen-bond acceptors (Lipinski definition) is 3. The molecule has 0 unspecified atom stereocenters. The van der Waals surface area contributed by atoms with Crippen molar-refractivity contribution in [2.75, 3.05) is 13.2 Å². The van der Waals surface area contributed by atoms with Crippen molar-refractivity contribution in [1.29, 1.82) is 0 Å². The Hall–Kier alpha value is -1.77. The van der Waals surface area contributed by atoms with Crippen LogP contribution in [0.25, 0.3) is 0 Å². The minimum Gasteiger partial charge on any atom is -0.446 e. The molecule has 0 saturated carbocycles. The lowest BCUT2D eigenvalue weighted by molar-refractivity contribution is 0.167. The quantitative estimate of drug-likeness (QED) is 0.384. The number of rotatable bonds is 6. The van der Waals surface area contributed by atoms with Crippen LogP contribution in [0.5, 0.6) is 0 Å². The van der Waals surface area contributed by atoms with Crippen LogP contribution in [0.1, 0.15) is 51.6 Å². The molecule has 1 aromatic rings. The van der Waals surface area contributed by atoms with Crippen molar-refractivity contribution in [3.63, 3.8) is 0 Å². The van der Waals surface area contributed by atoms with E-state index in [0.717, 1.165) is 31.4 Å². The number of nitrogens with zero attached hydrogens (tertiary/aromatic N) is 1. The molecule has 2 rings (SSSR count). The van der Waals surface area contributed by atoms with Gasteiger partial charge in [-0.2, -0.15) is 0 Å². The molecule has 0 aromatic heterocycles. The van der Waals surface area contributed by atoms with Crippen LogP contribution in [0.15, 0.2) is 30.3 Å².